The Morgan fingerprint density at radius 1 is 1.54 bits per heavy atom. The molecule has 13 heavy (non-hydrogen) atoms. The van der Waals surface area contributed by atoms with E-state index >= 15 is 0 Å². The summed E-state index contributed by atoms with van der Waals surface area (Å²) in [7, 11) is 0. The van der Waals surface area contributed by atoms with Crippen molar-refractivity contribution in [3.05, 3.63) is 34.9 Å². The molecule has 0 amide bonds. The molecule has 1 N–H and O–H groups in total. The smallest absolute Gasteiger partial charge is 0.0531 e. The molecule has 2 atom stereocenters. The molecule has 0 saturated heterocycles. The van der Waals surface area contributed by atoms with Crippen LogP contribution < -0.4 is 0 Å². The molecule has 1 aliphatic rings. The Morgan fingerprint density at radius 2 is 2.15 bits per heavy atom. The maximum atomic E-state index is 9.35. The highest BCUT2D eigenvalue weighted by molar-refractivity contribution is 6.31. The quantitative estimate of drug-likeness (QED) is 0.771. The molecule has 2 rings (SSSR count). The van der Waals surface area contributed by atoms with Crippen molar-refractivity contribution in [1.29, 1.82) is 0 Å². The monoisotopic (exact) mass is 196 g/mol. The van der Waals surface area contributed by atoms with Gasteiger partial charge >= 0.3 is 0 Å². The van der Waals surface area contributed by atoms with Crippen molar-refractivity contribution in [3.63, 3.8) is 0 Å². The minimum atomic E-state index is -0.0433. The molecule has 70 valence electrons. The normalized spacial score (nSPS) is 31.8. The predicted molar refractivity (Wildman–Crippen MR) is 54.0 cm³/mol. The van der Waals surface area contributed by atoms with Gasteiger partial charge < -0.3 is 5.11 Å². The van der Waals surface area contributed by atoms with Crippen LogP contribution in [0.1, 0.15) is 18.9 Å². The van der Waals surface area contributed by atoms with Gasteiger partial charge in [-0.3, -0.25) is 0 Å². The number of aliphatic hydroxyl groups is 1. The van der Waals surface area contributed by atoms with Crippen LogP contribution in [0.2, 0.25) is 5.02 Å². The van der Waals surface area contributed by atoms with Crippen molar-refractivity contribution in [3.8, 4) is 0 Å². The van der Waals surface area contributed by atoms with E-state index in [1.807, 2.05) is 24.3 Å². The molecule has 1 fully saturated rings. The zero-order valence-electron chi connectivity index (χ0n) is 7.63. The predicted octanol–water partition coefficient (Wildman–Crippen LogP) is 2.61. The largest absolute Gasteiger partial charge is 0.395 e. The minimum Gasteiger partial charge on any atom is -0.395 e. The zero-order valence-corrected chi connectivity index (χ0v) is 8.38. The standard InChI is InChI=1S/C11H13ClO/c1-8-6-11(8,7-13)9-4-2-3-5-10(9)12/h2-5,8,13H,6-7H2,1H3/t8-,11+/m1/s1. The Bertz CT molecular complexity index is 320. The topological polar surface area (TPSA) is 20.2 Å². The fourth-order valence-electron chi connectivity index (χ4n) is 2.03. The number of halogens is 1. The van der Waals surface area contributed by atoms with E-state index in [1.165, 1.54) is 0 Å². The van der Waals surface area contributed by atoms with Gasteiger partial charge in [0.1, 0.15) is 0 Å². The van der Waals surface area contributed by atoms with Gasteiger partial charge in [0.05, 0.1) is 6.61 Å². The van der Waals surface area contributed by atoms with Gasteiger partial charge in [-0.15, -0.1) is 0 Å². The second-order valence-corrected chi connectivity index (χ2v) is 4.31. The van der Waals surface area contributed by atoms with Crippen LogP contribution in [-0.2, 0) is 5.41 Å². The van der Waals surface area contributed by atoms with E-state index in [9.17, 15) is 5.11 Å². The van der Waals surface area contributed by atoms with E-state index in [-0.39, 0.29) is 12.0 Å². The van der Waals surface area contributed by atoms with Crippen LogP contribution >= 0.6 is 11.6 Å². The van der Waals surface area contributed by atoms with Crippen LogP contribution in [0.3, 0.4) is 0 Å². The third-order valence-corrected chi connectivity index (χ3v) is 3.48. The molecule has 0 aliphatic heterocycles. The van der Waals surface area contributed by atoms with Crippen LogP contribution in [-0.4, -0.2) is 11.7 Å². The molecule has 0 unspecified atom stereocenters. The maximum absolute atomic E-state index is 9.35. The van der Waals surface area contributed by atoms with Crippen LogP contribution in [0.25, 0.3) is 0 Å². The molecule has 0 aromatic heterocycles. The third kappa shape index (κ3) is 1.27. The lowest BCUT2D eigenvalue weighted by molar-refractivity contribution is 0.247. The lowest BCUT2D eigenvalue weighted by Crippen LogP contribution is -2.15. The molecule has 0 bridgehead atoms. The first kappa shape index (κ1) is 9.04. The SMILES string of the molecule is C[C@@H]1C[C@@]1(CO)c1ccccc1Cl. The molecule has 0 radical (unpaired) electrons. The molecule has 2 heteroatoms. The number of rotatable bonds is 2. The van der Waals surface area contributed by atoms with E-state index in [0.29, 0.717) is 5.92 Å². The van der Waals surface area contributed by atoms with Gasteiger partial charge in [0.2, 0.25) is 0 Å². The lowest BCUT2D eigenvalue weighted by Gasteiger charge is -2.15. The van der Waals surface area contributed by atoms with Gasteiger partial charge in [0, 0.05) is 10.4 Å². The van der Waals surface area contributed by atoms with Crippen LogP contribution in [0.5, 0.6) is 0 Å². The summed E-state index contributed by atoms with van der Waals surface area (Å²) < 4.78 is 0. The average molecular weight is 197 g/mol. The highest BCUT2D eigenvalue weighted by atomic mass is 35.5. The first-order valence-electron chi connectivity index (χ1n) is 4.56. The first-order valence-corrected chi connectivity index (χ1v) is 4.94. The number of hydrogen-bond donors (Lipinski definition) is 1. The Balaban J connectivity index is 2.41. The van der Waals surface area contributed by atoms with Crippen molar-refractivity contribution in [2.45, 2.75) is 18.8 Å². The molecule has 1 aromatic carbocycles. The summed E-state index contributed by atoms with van der Waals surface area (Å²) in [6.07, 6.45) is 1.05. The second-order valence-electron chi connectivity index (χ2n) is 3.90. The Hall–Kier alpha value is -0.530. The second kappa shape index (κ2) is 3.00. The van der Waals surface area contributed by atoms with Gasteiger partial charge in [-0.25, -0.2) is 0 Å². The lowest BCUT2D eigenvalue weighted by atomic mass is 9.94. The maximum Gasteiger partial charge on any atom is 0.0531 e. The molecule has 1 aromatic rings. The van der Waals surface area contributed by atoms with Crippen molar-refractivity contribution in [1.82, 2.24) is 0 Å². The summed E-state index contributed by atoms with van der Waals surface area (Å²) in [5.41, 5.74) is 1.06. The van der Waals surface area contributed by atoms with E-state index in [2.05, 4.69) is 6.92 Å². The molecule has 0 spiro atoms. The van der Waals surface area contributed by atoms with Gasteiger partial charge in [0.15, 0.2) is 0 Å². The molecular formula is C11H13ClO. The summed E-state index contributed by atoms with van der Waals surface area (Å²) in [5.74, 6) is 0.553. The number of benzene rings is 1. The van der Waals surface area contributed by atoms with E-state index in [0.717, 1.165) is 17.0 Å². The van der Waals surface area contributed by atoms with Gasteiger partial charge in [-0.05, 0) is 24.0 Å². The molecule has 1 aliphatic carbocycles. The third-order valence-electron chi connectivity index (χ3n) is 3.15. The Kier molecular flexibility index (Phi) is 2.09. The summed E-state index contributed by atoms with van der Waals surface area (Å²) in [5, 5.41) is 10.1. The summed E-state index contributed by atoms with van der Waals surface area (Å²) >= 11 is 6.08. The highest BCUT2D eigenvalue weighted by Crippen LogP contribution is 2.55. The average Bonchev–Trinajstić information content (AvgIpc) is 2.79. The van der Waals surface area contributed by atoms with E-state index in [1.54, 1.807) is 0 Å². The molecule has 1 nitrogen and oxygen atoms in total. The van der Waals surface area contributed by atoms with Crippen molar-refractivity contribution < 1.29 is 5.11 Å². The first-order chi connectivity index (χ1) is 6.20. The van der Waals surface area contributed by atoms with E-state index in [4.69, 9.17) is 11.6 Å². The number of hydrogen-bond acceptors (Lipinski definition) is 1. The zero-order chi connectivity index (χ0) is 9.47. The fraction of sp³-hybridized carbons (Fsp3) is 0.455. The van der Waals surface area contributed by atoms with Crippen molar-refractivity contribution in [2.24, 2.45) is 5.92 Å². The number of aliphatic hydroxyl groups excluding tert-OH is 1. The van der Waals surface area contributed by atoms with E-state index < -0.39 is 0 Å². The molecule has 0 heterocycles. The Labute approximate surface area is 83.3 Å². The van der Waals surface area contributed by atoms with Crippen LogP contribution in [0, 0.1) is 5.92 Å². The van der Waals surface area contributed by atoms with Gasteiger partial charge in [0.25, 0.3) is 0 Å². The summed E-state index contributed by atoms with van der Waals surface area (Å²) in [6, 6.07) is 7.80. The minimum absolute atomic E-state index is 0.0433. The van der Waals surface area contributed by atoms with Gasteiger partial charge in [-0.2, -0.15) is 0 Å². The summed E-state index contributed by atoms with van der Waals surface area (Å²) in [6.45, 7) is 2.36. The van der Waals surface area contributed by atoms with Crippen LogP contribution in [0.15, 0.2) is 24.3 Å². The Morgan fingerprint density at radius 3 is 2.62 bits per heavy atom. The highest BCUT2D eigenvalue weighted by Gasteiger charge is 2.52. The van der Waals surface area contributed by atoms with Crippen molar-refractivity contribution >= 4 is 11.6 Å². The molecular weight excluding hydrogens is 184 g/mol. The fourth-order valence-corrected chi connectivity index (χ4v) is 2.36. The summed E-state index contributed by atoms with van der Waals surface area (Å²) in [4.78, 5) is 0. The van der Waals surface area contributed by atoms with Crippen molar-refractivity contribution in [2.75, 3.05) is 6.61 Å². The van der Waals surface area contributed by atoms with Gasteiger partial charge in [-0.1, -0.05) is 36.7 Å². The van der Waals surface area contributed by atoms with Crippen LogP contribution in [0.4, 0.5) is 0 Å². The molecule has 1 saturated carbocycles.